The molecular formula is C11H18N2O. The highest BCUT2D eigenvalue weighted by Gasteiger charge is 2.63. The molecule has 2 aliphatic carbocycles. The average Bonchev–Trinajstić information content (AvgIpc) is 2.85. The van der Waals surface area contributed by atoms with Gasteiger partial charge in [0.1, 0.15) is 0 Å². The van der Waals surface area contributed by atoms with Crippen molar-refractivity contribution in [3.63, 3.8) is 0 Å². The van der Waals surface area contributed by atoms with Crippen molar-refractivity contribution < 1.29 is 4.79 Å². The summed E-state index contributed by atoms with van der Waals surface area (Å²) in [5.74, 6) is 0.532. The first-order chi connectivity index (χ1) is 6.65. The summed E-state index contributed by atoms with van der Waals surface area (Å²) in [7, 11) is 0. The average molecular weight is 194 g/mol. The zero-order valence-electron chi connectivity index (χ0n) is 8.73. The maximum atomic E-state index is 11.8. The predicted molar refractivity (Wildman–Crippen MR) is 53.8 cm³/mol. The van der Waals surface area contributed by atoms with Crippen LogP contribution in [0.1, 0.15) is 32.6 Å². The Labute approximate surface area is 84.6 Å². The molecule has 0 bridgehead atoms. The van der Waals surface area contributed by atoms with E-state index in [1.807, 2.05) is 0 Å². The number of hydrogen-bond acceptors (Lipinski definition) is 2. The molecular weight excluding hydrogens is 176 g/mol. The summed E-state index contributed by atoms with van der Waals surface area (Å²) in [6.45, 7) is 4.07. The topological polar surface area (TPSA) is 41.1 Å². The Morgan fingerprint density at radius 3 is 2.29 bits per heavy atom. The lowest BCUT2D eigenvalue weighted by molar-refractivity contribution is -0.128. The van der Waals surface area contributed by atoms with Crippen molar-refractivity contribution in [3.8, 4) is 0 Å². The number of hydrogen-bond donors (Lipinski definition) is 2. The third-order valence-electron chi connectivity index (χ3n) is 4.42. The zero-order chi connectivity index (χ0) is 9.81. The lowest BCUT2D eigenvalue weighted by atomic mass is 9.94. The van der Waals surface area contributed by atoms with E-state index in [0.717, 1.165) is 13.1 Å². The SMILES string of the molecule is CC1(C2(NC(=O)C3CNC3)CC2)CC1. The summed E-state index contributed by atoms with van der Waals surface area (Å²) < 4.78 is 0. The van der Waals surface area contributed by atoms with Gasteiger partial charge in [0.2, 0.25) is 5.91 Å². The van der Waals surface area contributed by atoms with Crippen molar-refractivity contribution in [2.45, 2.75) is 38.1 Å². The largest absolute Gasteiger partial charge is 0.350 e. The molecule has 0 radical (unpaired) electrons. The minimum Gasteiger partial charge on any atom is -0.350 e. The van der Waals surface area contributed by atoms with Gasteiger partial charge in [0.05, 0.1) is 5.92 Å². The molecule has 3 heteroatoms. The van der Waals surface area contributed by atoms with Gasteiger partial charge < -0.3 is 10.6 Å². The molecule has 0 spiro atoms. The lowest BCUT2D eigenvalue weighted by Crippen LogP contribution is -2.54. The third-order valence-corrected chi connectivity index (χ3v) is 4.42. The van der Waals surface area contributed by atoms with Gasteiger partial charge in [-0.2, -0.15) is 0 Å². The number of nitrogens with one attached hydrogen (secondary N) is 2. The normalized spacial score (nSPS) is 31.8. The molecule has 1 heterocycles. The van der Waals surface area contributed by atoms with Crippen LogP contribution < -0.4 is 10.6 Å². The first-order valence-electron chi connectivity index (χ1n) is 5.68. The van der Waals surface area contributed by atoms with Crippen molar-refractivity contribution >= 4 is 5.91 Å². The predicted octanol–water partition coefficient (Wildman–Crippen LogP) is 0.655. The maximum absolute atomic E-state index is 11.8. The van der Waals surface area contributed by atoms with Crippen molar-refractivity contribution in [1.82, 2.24) is 10.6 Å². The minimum atomic E-state index is 0.208. The van der Waals surface area contributed by atoms with Crippen LogP contribution in [0.5, 0.6) is 0 Å². The van der Waals surface area contributed by atoms with Gasteiger partial charge in [0.15, 0.2) is 0 Å². The molecule has 3 aliphatic rings. The molecule has 0 aromatic rings. The van der Waals surface area contributed by atoms with E-state index in [0.29, 0.717) is 5.41 Å². The van der Waals surface area contributed by atoms with Crippen LogP contribution in [0.15, 0.2) is 0 Å². The van der Waals surface area contributed by atoms with Crippen LogP contribution in [0.3, 0.4) is 0 Å². The van der Waals surface area contributed by atoms with E-state index in [4.69, 9.17) is 0 Å². The molecule has 0 atom stereocenters. The van der Waals surface area contributed by atoms with Gasteiger partial charge in [-0.05, 0) is 31.1 Å². The zero-order valence-corrected chi connectivity index (χ0v) is 8.73. The fourth-order valence-electron chi connectivity index (χ4n) is 2.48. The highest BCUT2D eigenvalue weighted by atomic mass is 16.2. The van der Waals surface area contributed by atoms with Crippen LogP contribution in [0, 0.1) is 11.3 Å². The summed E-state index contributed by atoms with van der Waals surface area (Å²) in [6.07, 6.45) is 5.01. The first kappa shape index (κ1) is 8.72. The number of carbonyl (C=O) groups excluding carboxylic acids is 1. The van der Waals surface area contributed by atoms with E-state index < -0.39 is 0 Å². The first-order valence-corrected chi connectivity index (χ1v) is 5.68. The second-order valence-electron chi connectivity index (χ2n) is 5.49. The molecule has 1 amide bonds. The second kappa shape index (κ2) is 2.51. The van der Waals surface area contributed by atoms with Crippen LogP contribution in [0.2, 0.25) is 0 Å². The van der Waals surface area contributed by atoms with Crippen LogP contribution >= 0.6 is 0 Å². The molecule has 14 heavy (non-hydrogen) atoms. The molecule has 0 aromatic heterocycles. The van der Waals surface area contributed by atoms with E-state index in [9.17, 15) is 4.79 Å². The minimum absolute atomic E-state index is 0.208. The molecule has 1 aliphatic heterocycles. The smallest absolute Gasteiger partial charge is 0.226 e. The van der Waals surface area contributed by atoms with Gasteiger partial charge >= 0.3 is 0 Å². The summed E-state index contributed by atoms with van der Waals surface area (Å²) in [5, 5.41) is 6.43. The summed E-state index contributed by atoms with van der Waals surface area (Å²) in [4.78, 5) is 11.8. The van der Waals surface area contributed by atoms with Crippen LogP contribution in [0.25, 0.3) is 0 Å². The van der Waals surface area contributed by atoms with E-state index >= 15 is 0 Å². The molecule has 0 aromatic carbocycles. The highest BCUT2D eigenvalue weighted by molar-refractivity contribution is 5.81. The summed E-state index contributed by atoms with van der Waals surface area (Å²) in [6, 6.07) is 0. The molecule has 3 nitrogen and oxygen atoms in total. The monoisotopic (exact) mass is 194 g/mol. The molecule has 1 saturated heterocycles. The van der Waals surface area contributed by atoms with E-state index in [2.05, 4.69) is 17.6 Å². The van der Waals surface area contributed by atoms with Gasteiger partial charge in [0, 0.05) is 18.6 Å². The fraction of sp³-hybridized carbons (Fsp3) is 0.909. The number of carbonyl (C=O) groups is 1. The summed E-state index contributed by atoms with van der Waals surface area (Å²) in [5.41, 5.74) is 0.652. The molecule has 2 saturated carbocycles. The molecule has 3 fully saturated rings. The van der Waals surface area contributed by atoms with E-state index in [1.165, 1.54) is 25.7 Å². The molecule has 0 unspecified atom stereocenters. The standard InChI is InChI=1S/C11H18N2O/c1-10(2-3-10)11(4-5-11)13-9(14)8-6-12-7-8/h8,12H,2-7H2,1H3,(H,13,14). The number of amides is 1. The fourth-order valence-corrected chi connectivity index (χ4v) is 2.48. The lowest BCUT2D eigenvalue weighted by Gasteiger charge is -2.31. The molecule has 3 rings (SSSR count). The van der Waals surface area contributed by atoms with Gasteiger partial charge in [-0.15, -0.1) is 0 Å². The molecule has 2 N–H and O–H groups in total. The number of rotatable bonds is 3. The Kier molecular flexibility index (Phi) is 1.56. The third kappa shape index (κ3) is 1.11. The van der Waals surface area contributed by atoms with Crippen molar-refractivity contribution in [2.75, 3.05) is 13.1 Å². The Morgan fingerprint density at radius 1 is 1.29 bits per heavy atom. The van der Waals surface area contributed by atoms with Crippen molar-refractivity contribution in [3.05, 3.63) is 0 Å². The maximum Gasteiger partial charge on any atom is 0.226 e. The van der Waals surface area contributed by atoms with Crippen molar-refractivity contribution in [1.29, 1.82) is 0 Å². The molecule has 78 valence electrons. The van der Waals surface area contributed by atoms with Crippen molar-refractivity contribution in [2.24, 2.45) is 11.3 Å². The quantitative estimate of drug-likeness (QED) is 0.693. The highest BCUT2D eigenvalue weighted by Crippen LogP contribution is 2.63. The Balaban J connectivity index is 1.63. The van der Waals surface area contributed by atoms with Crippen LogP contribution in [-0.4, -0.2) is 24.5 Å². The Hall–Kier alpha value is -0.570. The van der Waals surface area contributed by atoms with Gasteiger partial charge in [0.25, 0.3) is 0 Å². The van der Waals surface area contributed by atoms with E-state index in [1.54, 1.807) is 0 Å². The Morgan fingerprint density at radius 2 is 1.93 bits per heavy atom. The Bertz CT molecular complexity index is 275. The summed E-state index contributed by atoms with van der Waals surface area (Å²) >= 11 is 0. The van der Waals surface area contributed by atoms with Gasteiger partial charge in [-0.3, -0.25) is 4.79 Å². The van der Waals surface area contributed by atoms with Crippen LogP contribution in [-0.2, 0) is 4.79 Å². The van der Waals surface area contributed by atoms with E-state index in [-0.39, 0.29) is 17.4 Å². The van der Waals surface area contributed by atoms with Gasteiger partial charge in [-0.25, -0.2) is 0 Å². The van der Waals surface area contributed by atoms with Crippen LogP contribution in [0.4, 0.5) is 0 Å². The van der Waals surface area contributed by atoms with Gasteiger partial charge in [-0.1, -0.05) is 6.92 Å². The second-order valence-corrected chi connectivity index (χ2v) is 5.49.